The van der Waals surface area contributed by atoms with Gasteiger partial charge < -0.3 is 14.5 Å². The van der Waals surface area contributed by atoms with E-state index in [0.717, 1.165) is 64.5 Å². The van der Waals surface area contributed by atoms with Crippen molar-refractivity contribution in [2.45, 2.75) is 39.2 Å². The van der Waals surface area contributed by atoms with Crippen LogP contribution in [-0.4, -0.2) is 72.3 Å². The highest BCUT2D eigenvalue weighted by Crippen LogP contribution is 2.26. The molecule has 1 aromatic heterocycles. The number of hydrogen-bond donors (Lipinski definition) is 0. The molecule has 28 heavy (non-hydrogen) atoms. The average molecular weight is 457 g/mol. The lowest BCUT2D eigenvalue weighted by Crippen LogP contribution is -2.51. The maximum atomic E-state index is 13.4. The molecular formula is C20H30BrFN4O2. The number of halogens is 2. The molecule has 0 spiro atoms. The van der Waals surface area contributed by atoms with E-state index in [0.29, 0.717) is 10.4 Å². The van der Waals surface area contributed by atoms with Gasteiger partial charge in [-0.05, 0) is 61.5 Å². The van der Waals surface area contributed by atoms with Crippen molar-refractivity contribution in [2.75, 3.05) is 50.7 Å². The summed E-state index contributed by atoms with van der Waals surface area (Å²) in [5, 5.41) is 0. The summed E-state index contributed by atoms with van der Waals surface area (Å²) in [7, 11) is 0. The van der Waals surface area contributed by atoms with Crippen LogP contribution in [-0.2, 0) is 4.74 Å². The van der Waals surface area contributed by atoms with Gasteiger partial charge in [-0.3, -0.25) is 4.90 Å². The minimum Gasteiger partial charge on any atom is -0.444 e. The molecule has 0 saturated carbocycles. The van der Waals surface area contributed by atoms with Crippen molar-refractivity contribution in [1.82, 2.24) is 14.8 Å². The second-order valence-electron chi connectivity index (χ2n) is 8.66. The van der Waals surface area contributed by atoms with Crippen molar-refractivity contribution >= 4 is 27.8 Å². The Labute approximate surface area is 175 Å². The van der Waals surface area contributed by atoms with Crippen molar-refractivity contribution in [1.29, 1.82) is 0 Å². The number of piperidine rings is 1. The molecule has 0 radical (unpaired) electrons. The number of rotatable bonds is 3. The summed E-state index contributed by atoms with van der Waals surface area (Å²) in [6, 6.07) is 1.76. The largest absolute Gasteiger partial charge is 0.444 e. The zero-order valence-electron chi connectivity index (χ0n) is 17.0. The third-order valence-electron chi connectivity index (χ3n) is 5.27. The molecule has 2 saturated heterocycles. The first-order chi connectivity index (χ1) is 13.2. The van der Waals surface area contributed by atoms with Crippen molar-refractivity contribution in [3.8, 4) is 0 Å². The van der Waals surface area contributed by atoms with Gasteiger partial charge in [0.2, 0.25) is 0 Å². The van der Waals surface area contributed by atoms with Gasteiger partial charge in [0.25, 0.3) is 0 Å². The number of ether oxygens (including phenoxy) is 1. The van der Waals surface area contributed by atoms with E-state index in [1.54, 1.807) is 6.07 Å². The molecule has 3 rings (SSSR count). The van der Waals surface area contributed by atoms with Gasteiger partial charge in [0.05, 0.1) is 10.7 Å². The smallest absolute Gasteiger partial charge is 0.410 e. The average Bonchev–Trinajstić information content (AvgIpc) is 2.64. The molecule has 0 atom stereocenters. The first-order valence-corrected chi connectivity index (χ1v) is 10.8. The first kappa shape index (κ1) is 21.3. The number of carbonyl (C=O) groups excluding carboxylic acids is 1. The van der Waals surface area contributed by atoms with E-state index in [-0.39, 0.29) is 11.9 Å². The van der Waals surface area contributed by atoms with Crippen LogP contribution in [0.4, 0.5) is 15.0 Å². The highest BCUT2D eigenvalue weighted by atomic mass is 79.9. The van der Waals surface area contributed by atoms with Crippen molar-refractivity contribution in [3.63, 3.8) is 0 Å². The summed E-state index contributed by atoms with van der Waals surface area (Å²) in [5.41, 5.74) is -0.447. The topological polar surface area (TPSA) is 48.9 Å². The Morgan fingerprint density at radius 2 is 1.86 bits per heavy atom. The molecule has 6 nitrogen and oxygen atoms in total. The van der Waals surface area contributed by atoms with Crippen LogP contribution in [0.5, 0.6) is 0 Å². The Bertz CT molecular complexity index is 681. The molecule has 8 heteroatoms. The third kappa shape index (κ3) is 5.80. The van der Waals surface area contributed by atoms with Crippen LogP contribution >= 0.6 is 15.9 Å². The molecule has 0 N–H and O–H groups in total. The first-order valence-electron chi connectivity index (χ1n) is 9.97. The monoisotopic (exact) mass is 456 g/mol. The lowest BCUT2D eigenvalue weighted by molar-refractivity contribution is 0.0130. The fourth-order valence-electron chi connectivity index (χ4n) is 3.73. The molecule has 1 amide bonds. The molecular weight excluding hydrogens is 427 g/mol. The van der Waals surface area contributed by atoms with Crippen LogP contribution in [0.1, 0.15) is 33.6 Å². The van der Waals surface area contributed by atoms with Gasteiger partial charge in [0, 0.05) is 45.8 Å². The Kier molecular flexibility index (Phi) is 6.81. The van der Waals surface area contributed by atoms with E-state index in [4.69, 9.17) is 4.74 Å². The minimum absolute atomic E-state index is 0.210. The summed E-state index contributed by atoms with van der Waals surface area (Å²) in [6.45, 7) is 11.9. The number of aromatic nitrogens is 1. The maximum absolute atomic E-state index is 13.4. The van der Waals surface area contributed by atoms with Gasteiger partial charge in [-0.2, -0.15) is 0 Å². The minimum atomic E-state index is -0.447. The summed E-state index contributed by atoms with van der Waals surface area (Å²) < 4.78 is 19.3. The molecule has 0 unspecified atom stereocenters. The Morgan fingerprint density at radius 3 is 2.43 bits per heavy atom. The van der Waals surface area contributed by atoms with Gasteiger partial charge in [-0.1, -0.05) is 0 Å². The molecule has 0 aromatic carbocycles. The molecule has 156 valence electrons. The van der Waals surface area contributed by atoms with E-state index in [1.807, 2.05) is 25.7 Å². The van der Waals surface area contributed by atoms with Crippen molar-refractivity contribution in [3.05, 3.63) is 22.6 Å². The third-order valence-corrected chi connectivity index (χ3v) is 5.88. The number of piperazine rings is 1. The summed E-state index contributed by atoms with van der Waals surface area (Å²) in [4.78, 5) is 22.9. The highest BCUT2D eigenvalue weighted by molar-refractivity contribution is 9.10. The fraction of sp³-hybridized carbons (Fsp3) is 0.700. The maximum Gasteiger partial charge on any atom is 0.410 e. The summed E-state index contributed by atoms with van der Waals surface area (Å²) in [6.07, 6.45) is 3.26. The van der Waals surface area contributed by atoms with Gasteiger partial charge in [0.15, 0.2) is 5.82 Å². The zero-order valence-corrected chi connectivity index (χ0v) is 18.5. The van der Waals surface area contributed by atoms with Crippen molar-refractivity contribution < 1.29 is 13.9 Å². The molecule has 2 aliphatic rings. The quantitative estimate of drug-likeness (QED) is 0.692. The molecule has 2 aliphatic heterocycles. The van der Waals surface area contributed by atoms with E-state index in [1.165, 1.54) is 6.20 Å². The molecule has 1 aromatic rings. The number of hydrogen-bond acceptors (Lipinski definition) is 5. The van der Waals surface area contributed by atoms with Gasteiger partial charge >= 0.3 is 6.09 Å². The normalized spacial score (nSPS) is 19.8. The molecule has 0 bridgehead atoms. The van der Waals surface area contributed by atoms with E-state index in [9.17, 15) is 9.18 Å². The van der Waals surface area contributed by atoms with Gasteiger partial charge in [0.1, 0.15) is 11.4 Å². The SMILES string of the molecule is CC(C)(C)OC(=O)N1CCN(CC2CCN(c3cc(Br)c(F)cn3)CC2)CC1. The number of amides is 1. The Hall–Kier alpha value is -1.41. The number of nitrogens with zero attached hydrogens (tertiary/aromatic N) is 4. The second-order valence-corrected chi connectivity index (χ2v) is 9.51. The van der Waals surface area contributed by atoms with Crippen molar-refractivity contribution in [2.24, 2.45) is 5.92 Å². The number of pyridine rings is 1. The lowest BCUT2D eigenvalue weighted by atomic mass is 9.96. The predicted molar refractivity (Wildman–Crippen MR) is 111 cm³/mol. The van der Waals surface area contributed by atoms with Crippen LogP contribution in [0.3, 0.4) is 0 Å². The molecule has 3 heterocycles. The van der Waals surface area contributed by atoms with Crippen LogP contribution in [0.25, 0.3) is 0 Å². The fourth-order valence-corrected chi connectivity index (χ4v) is 4.03. The lowest BCUT2D eigenvalue weighted by Gasteiger charge is -2.39. The van der Waals surface area contributed by atoms with E-state index in [2.05, 4.69) is 30.7 Å². The second kappa shape index (κ2) is 8.95. The van der Waals surface area contributed by atoms with E-state index >= 15 is 0 Å². The molecule has 0 aliphatic carbocycles. The van der Waals surface area contributed by atoms with Crippen LogP contribution < -0.4 is 4.90 Å². The van der Waals surface area contributed by atoms with Crippen LogP contribution in [0, 0.1) is 11.7 Å². The highest BCUT2D eigenvalue weighted by Gasteiger charge is 2.28. The predicted octanol–water partition coefficient (Wildman–Crippen LogP) is 3.75. The van der Waals surface area contributed by atoms with Gasteiger partial charge in [-0.25, -0.2) is 14.2 Å². The number of carbonyl (C=O) groups is 1. The molecule has 2 fully saturated rings. The van der Waals surface area contributed by atoms with E-state index < -0.39 is 5.60 Å². The Balaban J connectivity index is 1.41. The van der Waals surface area contributed by atoms with Crippen LogP contribution in [0.15, 0.2) is 16.7 Å². The standard InChI is InChI=1S/C20H30BrFN4O2/c1-20(2,3)28-19(27)26-10-8-24(9-11-26)14-15-4-6-25(7-5-15)18-12-16(21)17(22)13-23-18/h12-13,15H,4-11,14H2,1-3H3. The Morgan fingerprint density at radius 1 is 1.21 bits per heavy atom. The number of anilines is 1. The van der Waals surface area contributed by atoms with Gasteiger partial charge in [-0.15, -0.1) is 0 Å². The zero-order chi connectivity index (χ0) is 20.3. The van der Waals surface area contributed by atoms with Crippen LogP contribution in [0.2, 0.25) is 0 Å². The summed E-state index contributed by atoms with van der Waals surface area (Å²) >= 11 is 3.24. The summed E-state index contributed by atoms with van der Waals surface area (Å²) in [5.74, 6) is 1.15.